The first-order chi connectivity index (χ1) is 10.8. The summed E-state index contributed by atoms with van der Waals surface area (Å²) in [6, 6.07) is 10.8. The molecule has 2 aliphatic rings. The van der Waals surface area contributed by atoms with Gasteiger partial charge in [-0.15, -0.1) is 0 Å². The van der Waals surface area contributed by atoms with E-state index in [1.165, 1.54) is 37.9 Å². The van der Waals surface area contributed by atoms with Crippen molar-refractivity contribution in [3.05, 3.63) is 35.9 Å². The number of hydrogen-bond donors (Lipinski definition) is 0. The number of nitrogens with zero attached hydrogens (tertiary/aromatic N) is 1. The molecule has 122 valence electrons. The highest BCUT2D eigenvalue weighted by molar-refractivity contribution is 5.14. The van der Waals surface area contributed by atoms with Crippen LogP contribution in [0.1, 0.15) is 31.7 Å². The van der Waals surface area contributed by atoms with E-state index in [2.05, 4.69) is 42.2 Å². The zero-order valence-electron chi connectivity index (χ0n) is 13.8. The van der Waals surface area contributed by atoms with E-state index in [9.17, 15) is 0 Å². The highest BCUT2D eigenvalue weighted by Crippen LogP contribution is 2.45. The van der Waals surface area contributed by atoms with Gasteiger partial charge in [0.25, 0.3) is 0 Å². The topological polar surface area (TPSA) is 21.7 Å². The molecule has 3 nitrogen and oxygen atoms in total. The highest BCUT2D eigenvalue weighted by atomic mass is 16.5. The molecule has 0 N–H and O–H groups in total. The summed E-state index contributed by atoms with van der Waals surface area (Å²) in [5.74, 6) is 0.583. The predicted molar refractivity (Wildman–Crippen MR) is 88.8 cm³/mol. The minimum Gasteiger partial charge on any atom is -0.381 e. The van der Waals surface area contributed by atoms with E-state index in [4.69, 9.17) is 9.47 Å². The molecule has 1 spiro atoms. The van der Waals surface area contributed by atoms with Crippen LogP contribution in [0.2, 0.25) is 0 Å². The summed E-state index contributed by atoms with van der Waals surface area (Å²) >= 11 is 0. The van der Waals surface area contributed by atoms with Gasteiger partial charge in [-0.3, -0.25) is 4.90 Å². The Kier molecular flexibility index (Phi) is 5.51. The Hall–Kier alpha value is -0.900. The van der Waals surface area contributed by atoms with Crippen LogP contribution in [0.15, 0.2) is 30.3 Å². The van der Waals surface area contributed by atoms with Gasteiger partial charge in [-0.2, -0.15) is 0 Å². The van der Waals surface area contributed by atoms with E-state index in [0.29, 0.717) is 11.3 Å². The molecular formula is C19H29NO2. The van der Waals surface area contributed by atoms with Crippen molar-refractivity contribution in [1.82, 2.24) is 4.90 Å². The first kappa shape index (κ1) is 16.0. The second kappa shape index (κ2) is 7.58. The zero-order chi connectivity index (χ0) is 15.3. The summed E-state index contributed by atoms with van der Waals surface area (Å²) in [4.78, 5) is 2.60. The predicted octanol–water partition coefficient (Wildman–Crippen LogP) is 3.34. The molecule has 0 aliphatic carbocycles. The van der Waals surface area contributed by atoms with Crippen LogP contribution in [0.4, 0.5) is 0 Å². The Morgan fingerprint density at radius 1 is 1.18 bits per heavy atom. The average molecular weight is 303 g/mol. The zero-order valence-corrected chi connectivity index (χ0v) is 13.8. The van der Waals surface area contributed by atoms with Gasteiger partial charge in [-0.05, 0) is 50.3 Å². The van der Waals surface area contributed by atoms with Gasteiger partial charge in [0.1, 0.15) is 0 Å². The summed E-state index contributed by atoms with van der Waals surface area (Å²) in [5, 5.41) is 0. The molecule has 3 rings (SSSR count). The monoisotopic (exact) mass is 303 g/mol. The molecule has 1 aromatic rings. The molecule has 0 radical (unpaired) electrons. The van der Waals surface area contributed by atoms with Gasteiger partial charge < -0.3 is 9.47 Å². The number of ether oxygens (including phenoxy) is 2. The number of benzene rings is 1. The van der Waals surface area contributed by atoms with Gasteiger partial charge in [-0.1, -0.05) is 30.3 Å². The summed E-state index contributed by atoms with van der Waals surface area (Å²) in [6.45, 7) is 9.08. The van der Waals surface area contributed by atoms with Gasteiger partial charge >= 0.3 is 0 Å². The largest absolute Gasteiger partial charge is 0.381 e. The lowest BCUT2D eigenvalue weighted by Gasteiger charge is -2.49. The van der Waals surface area contributed by atoms with E-state index in [1.807, 2.05) is 0 Å². The maximum absolute atomic E-state index is 5.74. The fourth-order valence-corrected chi connectivity index (χ4v) is 4.02. The third-order valence-corrected chi connectivity index (χ3v) is 5.55. The SMILES string of the molecule is CCOC[C@@H]1COCCC12CCN(Cc1ccccc1)CC2. The van der Waals surface area contributed by atoms with Crippen molar-refractivity contribution >= 4 is 0 Å². The first-order valence-corrected chi connectivity index (χ1v) is 8.74. The quantitative estimate of drug-likeness (QED) is 0.833. The van der Waals surface area contributed by atoms with E-state index in [-0.39, 0.29) is 0 Å². The fraction of sp³-hybridized carbons (Fsp3) is 0.684. The number of hydrogen-bond acceptors (Lipinski definition) is 3. The van der Waals surface area contributed by atoms with E-state index >= 15 is 0 Å². The minimum atomic E-state index is 0.459. The molecule has 2 aliphatic heterocycles. The lowest BCUT2D eigenvalue weighted by atomic mass is 9.66. The molecule has 2 heterocycles. The highest BCUT2D eigenvalue weighted by Gasteiger charge is 2.43. The van der Waals surface area contributed by atoms with Gasteiger partial charge in [-0.25, -0.2) is 0 Å². The lowest BCUT2D eigenvalue weighted by Crippen LogP contribution is -2.49. The summed E-state index contributed by atoms with van der Waals surface area (Å²) < 4.78 is 11.5. The van der Waals surface area contributed by atoms with Crippen LogP contribution >= 0.6 is 0 Å². The van der Waals surface area contributed by atoms with Crippen molar-refractivity contribution in [1.29, 1.82) is 0 Å². The standard InChI is InChI=1S/C19H29NO2/c1-2-21-15-18-16-22-13-10-19(18)8-11-20(12-9-19)14-17-6-4-3-5-7-17/h3-7,18H,2,8-16H2,1H3/t18-/m1/s1. The normalized spacial score (nSPS) is 25.4. The molecule has 0 aromatic heterocycles. The average Bonchev–Trinajstić information content (AvgIpc) is 2.57. The van der Waals surface area contributed by atoms with Crippen LogP contribution in [0.5, 0.6) is 0 Å². The van der Waals surface area contributed by atoms with Crippen LogP contribution in [-0.2, 0) is 16.0 Å². The van der Waals surface area contributed by atoms with Crippen molar-refractivity contribution in [2.45, 2.75) is 32.7 Å². The molecule has 0 unspecified atom stereocenters. The number of likely N-dealkylation sites (tertiary alicyclic amines) is 1. The number of rotatable bonds is 5. The van der Waals surface area contributed by atoms with Crippen LogP contribution < -0.4 is 0 Å². The van der Waals surface area contributed by atoms with Gasteiger partial charge in [0, 0.05) is 25.7 Å². The molecule has 0 amide bonds. The van der Waals surface area contributed by atoms with Gasteiger partial charge in [0.2, 0.25) is 0 Å². The van der Waals surface area contributed by atoms with Crippen LogP contribution in [-0.4, -0.2) is 44.4 Å². The third kappa shape index (κ3) is 3.70. The van der Waals surface area contributed by atoms with Gasteiger partial charge in [0.05, 0.1) is 13.2 Å². The van der Waals surface area contributed by atoms with Crippen molar-refractivity contribution in [2.75, 3.05) is 39.5 Å². The molecule has 1 atom stereocenters. The number of piperidine rings is 1. The Morgan fingerprint density at radius 3 is 2.68 bits per heavy atom. The van der Waals surface area contributed by atoms with E-state index < -0.39 is 0 Å². The van der Waals surface area contributed by atoms with Crippen LogP contribution in [0, 0.1) is 11.3 Å². The molecule has 1 aromatic carbocycles. The second-order valence-electron chi connectivity index (χ2n) is 6.81. The van der Waals surface area contributed by atoms with Crippen molar-refractivity contribution in [3.8, 4) is 0 Å². The maximum atomic E-state index is 5.74. The van der Waals surface area contributed by atoms with Crippen molar-refractivity contribution < 1.29 is 9.47 Å². The minimum absolute atomic E-state index is 0.459. The molecule has 2 fully saturated rings. The summed E-state index contributed by atoms with van der Waals surface area (Å²) in [7, 11) is 0. The smallest absolute Gasteiger partial charge is 0.0521 e. The van der Waals surface area contributed by atoms with E-state index in [1.54, 1.807) is 0 Å². The summed E-state index contributed by atoms with van der Waals surface area (Å²) in [6.07, 6.45) is 3.80. The lowest BCUT2D eigenvalue weighted by molar-refractivity contribution is -0.0993. The van der Waals surface area contributed by atoms with E-state index in [0.717, 1.165) is 33.0 Å². The van der Waals surface area contributed by atoms with Crippen LogP contribution in [0.25, 0.3) is 0 Å². The molecule has 2 saturated heterocycles. The second-order valence-corrected chi connectivity index (χ2v) is 6.81. The Bertz CT molecular complexity index is 440. The Balaban J connectivity index is 1.56. The molecule has 3 heteroatoms. The van der Waals surface area contributed by atoms with Gasteiger partial charge in [0.15, 0.2) is 0 Å². The third-order valence-electron chi connectivity index (χ3n) is 5.55. The van der Waals surface area contributed by atoms with Crippen LogP contribution in [0.3, 0.4) is 0 Å². The van der Waals surface area contributed by atoms with Crippen molar-refractivity contribution in [2.24, 2.45) is 11.3 Å². The Labute approximate surface area is 134 Å². The molecule has 22 heavy (non-hydrogen) atoms. The molecule has 0 saturated carbocycles. The molecular weight excluding hydrogens is 274 g/mol. The fourth-order valence-electron chi connectivity index (χ4n) is 4.02. The first-order valence-electron chi connectivity index (χ1n) is 8.74. The van der Waals surface area contributed by atoms with Crippen molar-refractivity contribution in [3.63, 3.8) is 0 Å². The summed E-state index contributed by atoms with van der Waals surface area (Å²) in [5.41, 5.74) is 1.89. The molecule has 0 bridgehead atoms. The maximum Gasteiger partial charge on any atom is 0.0521 e. The Morgan fingerprint density at radius 2 is 1.95 bits per heavy atom.